The van der Waals surface area contributed by atoms with Crippen molar-refractivity contribution in [3.63, 3.8) is 0 Å². The maximum Gasteiger partial charge on any atom is 0.327 e. The van der Waals surface area contributed by atoms with Crippen molar-refractivity contribution >= 4 is 17.4 Å². The highest BCUT2D eigenvalue weighted by Gasteiger charge is 2.30. The number of hydrogen-bond acceptors (Lipinski definition) is 1. The second kappa shape index (κ2) is 6.89. The molecule has 1 aliphatic rings. The van der Waals surface area contributed by atoms with Crippen LogP contribution in [0.2, 0.25) is 0 Å². The first-order valence-corrected chi connectivity index (χ1v) is 8.71. The normalized spacial score (nSPS) is 16.8. The van der Waals surface area contributed by atoms with Gasteiger partial charge in [-0.15, -0.1) is 0 Å². The Kier molecular flexibility index (Phi) is 4.28. The third kappa shape index (κ3) is 3.11. The lowest BCUT2D eigenvalue weighted by Gasteiger charge is -2.35. The average Bonchev–Trinajstić information content (AvgIpc) is 2.70. The lowest BCUT2D eigenvalue weighted by molar-refractivity contribution is 0.248. The van der Waals surface area contributed by atoms with E-state index in [9.17, 15) is 4.79 Å². The Bertz CT molecular complexity index is 931. The predicted octanol–water partition coefficient (Wildman–Crippen LogP) is 5.31. The van der Waals surface area contributed by atoms with Gasteiger partial charge in [-0.3, -0.25) is 4.90 Å². The fourth-order valence-electron chi connectivity index (χ4n) is 3.24. The van der Waals surface area contributed by atoms with Crippen LogP contribution in [0.15, 0.2) is 91.0 Å². The molecule has 0 bridgehead atoms. The van der Waals surface area contributed by atoms with Crippen molar-refractivity contribution in [2.24, 2.45) is 0 Å². The summed E-state index contributed by atoms with van der Waals surface area (Å²) in [6.07, 6.45) is 2.12. The van der Waals surface area contributed by atoms with Crippen molar-refractivity contribution in [1.82, 2.24) is 5.32 Å². The molecule has 1 N–H and O–H groups in total. The summed E-state index contributed by atoms with van der Waals surface area (Å²) in [5.74, 6) is 0. The van der Waals surface area contributed by atoms with E-state index in [1.54, 1.807) is 4.90 Å². The predicted molar refractivity (Wildman–Crippen MR) is 106 cm³/mol. The Morgan fingerprint density at radius 1 is 0.808 bits per heavy atom. The third-order valence-electron chi connectivity index (χ3n) is 4.60. The summed E-state index contributed by atoms with van der Waals surface area (Å²) < 4.78 is 0. The topological polar surface area (TPSA) is 32.3 Å². The van der Waals surface area contributed by atoms with E-state index in [2.05, 4.69) is 23.5 Å². The van der Waals surface area contributed by atoms with Crippen LogP contribution in [0.25, 0.3) is 5.70 Å². The Morgan fingerprint density at radius 3 is 2.08 bits per heavy atom. The SMILES string of the molecule is Cc1ccc(N2C(=O)NC(c3ccccc3)=CC2c2ccccc2)cc1. The van der Waals surface area contributed by atoms with Crippen LogP contribution in [0.3, 0.4) is 0 Å². The number of amides is 2. The van der Waals surface area contributed by atoms with E-state index >= 15 is 0 Å². The van der Waals surface area contributed by atoms with Gasteiger partial charge in [-0.05, 0) is 36.3 Å². The fraction of sp³-hybridized carbons (Fsp3) is 0.0870. The van der Waals surface area contributed by atoms with Crippen LogP contribution in [-0.4, -0.2) is 6.03 Å². The summed E-state index contributed by atoms with van der Waals surface area (Å²) in [6, 6.07) is 27.8. The zero-order valence-electron chi connectivity index (χ0n) is 14.6. The van der Waals surface area contributed by atoms with Gasteiger partial charge in [0, 0.05) is 11.4 Å². The second-order valence-corrected chi connectivity index (χ2v) is 6.44. The number of benzene rings is 3. The molecule has 4 rings (SSSR count). The van der Waals surface area contributed by atoms with Crippen molar-refractivity contribution in [2.75, 3.05) is 4.90 Å². The highest BCUT2D eigenvalue weighted by Crippen LogP contribution is 2.34. The molecule has 128 valence electrons. The molecule has 1 unspecified atom stereocenters. The van der Waals surface area contributed by atoms with Gasteiger partial charge in [0.2, 0.25) is 0 Å². The van der Waals surface area contributed by atoms with Crippen molar-refractivity contribution in [3.8, 4) is 0 Å². The maximum absolute atomic E-state index is 13.0. The monoisotopic (exact) mass is 340 g/mol. The molecule has 0 spiro atoms. The van der Waals surface area contributed by atoms with E-state index in [4.69, 9.17) is 0 Å². The first-order valence-electron chi connectivity index (χ1n) is 8.71. The van der Waals surface area contributed by atoms with E-state index in [1.165, 1.54) is 5.56 Å². The number of hydrogen-bond donors (Lipinski definition) is 1. The van der Waals surface area contributed by atoms with Crippen molar-refractivity contribution in [3.05, 3.63) is 108 Å². The lowest BCUT2D eigenvalue weighted by Crippen LogP contribution is -2.45. The molecule has 3 aromatic rings. The molecule has 1 aliphatic heterocycles. The molecule has 0 saturated carbocycles. The number of anilines is 1. The highest BCUT2D eigenvalue weighted by atomic mass is 16.2. The summed E-state index contributed by atoms with van der Waals surface area (Å²) in [6.45, 7) is 2.04. The Labute approximate surface area is 153 Å². The molecule has 0 aromatic heterocycles. The van der Waals surface area contributed by atoms with Crippen molar-refractivity contribution in [2.45, 2.75) is 13.0 Å². The van der Waals surface area contributed by atoms with Crippen LogP contribution < -0.4 is 10.2 Å². The van der Waals surface area contributed by atoms with Gasteiger partial charge in [0.25, 0.3) is 0 Å². The first kappa shape index (κ1) is 16.2. The standard InChI is InChI=1S/C23H20N2O/c1-17-12-14-20(15-13-17)25-22(19-10-6-3-7-11-19)16-21(24-23(25)26)18-8-4-2-5-9-18/h2-16,22H,1H3,(H,24,26). The zero-order valence-corrected chi connectivity index (χ0v) is 14.6. The molecular formula is C23H20N2O. The summed E-state index contributed by atoms with van der Waals surface area (Å²) >= 11 is 0. The molecule has 3 aromatic carbocycles. The van der Waals surface area contributed by atoms with Gasteiger partial charge in [-0.25, -0.2) is 4.79 Å². The molecule has 1 heterocycles. The van der Waals surface area contributed by atoms with Crippen molar-refractivity contribution in [1.29, 1.82) is 0 Å². The summed E-state index contributed by atoms with van der Waals surface area (Å²) in [7, 11) is 0. The van der Waals surface area contributed by atoms with Crippen LogP contribution >= 0.6 is 0 Å². The van der Waals surface area contributed by atoms with Crippen LogP contribution in [0.4, 0.5) is 10.5 Å². The Morgan fingerprint density at radius 2 is 1.42 bits per heavy atom. The molecular weight excluding hydrogens is 320 g/mol. The molecule has 0 saturated heterocycles. The van der Waals surface area contributed by atoms with Gasteiger partial charge >= 0.3 is 6.03 Å². The minimum atomic E-state index is -0.164. The molecule has 26 heavy (non-hydrogen) atoms. The largest absolute Gasteiger partial charge is 0.327 e. The smallest absolute Gasteiger partial charge is 0.307 e. The number of nitrogens with zero attached hydrogens (tertiary/aromatic N) is 1. The Hall–Kier alpha value is -3.33. The fourth-order valence-corrected chi connectivity index (χ4v) is 3.24. The molecule has 0 fully saturated rings. The molecule has 0 aliphatic carbocycles. The maximum atomic E-state index is 13.0. The number of carbonyl (C=O) groups is 1. The number of aryl methyl sites for hydroxylation is 1. The average molecular weight is 340 g/mol. The highest BCUT2D eigenvalue weighted by molar-refractivity contribution is 6.01. The number of nitrogens with one attached hydrogen (secondary N) is 1. The van der Waals surface area contributed by atoms with Crippen LogP contribution in [0.5, 0.6) is 0 Å². The zero-order chi connectivity index (χ0) is 17.9. The van der Waals surface area contributed by atoms with E-state index in [0.717, 1.165) is 22.5 Å². The van der Waals surface area contributed by atoms with Crippen molar-refractivity contribution < 1.29 is 4.79 Å². The number of rotatable bonds is 3. The van der Waals surface area contributed by atoms with E-state index < -0.39 is 0 Å². The third-order valence-corrected chi connectivity index (χ3v) is 4.60. The van der Waals surface area contributed by atoms with Gasteiger partial charge in [-0.2, -0.15) is 0 Å². The summed E-state index contributed by atoms with van der Waals surface area (Å²) in [5.41, 5.74) is 4.97. The molecule has 3 nitrogen and oxygen atoms in total. The van der Waals surface area contributed by atoms with E-state index in [0.29, 0.717) is 0 Å². The molecule has 3 heteroatoms. The minimum Gasteiger partial charge on any atom is -0.307 e. The minimum absolute atomic E-state index is 0.121. The molecule has 2 amide bonds. The van der Waals surface area contributed by atoms with E-state index in [-0.39, 0.29) is 12.1 Å². The van der Waals surface area contributed by atoms with E-state index in [1.807, 2.05) is 79.7 Å². The van der Waals surface area contributed by atoms with Gasteiger partial charge in [-0.1, -0.05) is 78.4 Å². The second-order valence-electron chi connectivity index (χ2n) is 6.44. The molecule has 0 radical (unpaired) electrons. The van der Waals surface area contributed by atoms with Gasteiger partial charge < -0.3 is 5.32 Å². The van der Waals surface area contributed by atoms with Gasteiger partial charge in [0.1, 0.15) is 0 Å². The lowest BCUT2D eigenvalue weighted by atomic mass is 9.99. The Balaban J connectivity index is 1.82. The first-order chi connectivity index (χ1) is 12.7. The van der Waals surface area contributed by atoms with Gasteiger partial charge in [0.05, 0.1) is 6.04 Å². The summed E-state index contributed by atoms with van der Waals surface area (Å²) in [4.78, 5) is 14.8. The van der Waals surface area contributed by atoms with Gasteiger partial charge in [0.15, 0.2) is 0 Å². The quantitative estimate of drug-likeness (QED) is 0.689. The van der Waals surface area contributed by atoms with Crippen LogP contribution in [0.1, 0.15) is 22.7 Å². The van der Waals surface area contributed by atoms with Crippen LogP contribution in [-0.2, 0) is 0 Å². The van der Waals surface area contributed by atoms with Crippen LogP contribution in [0, 0.1) is 6.92 Å². The number of urea groups is 1. The number of carbonyl (C=O) groups excluding carboxylic acids is 1. The molecule has 1 atom stereocenters. The summed E-state index contributed by atoms with van der Waals surface area (Å²) in [5, 5.41) is 3.04.